The van der Waals surface area contributed by atoms with Crippen molar-refractivity contribution in [2.45, 2.75) is 46.1 Å². The molecule has 0 unspecified atom stereocenters. The van der Waals surface area contributed by atoms with Gasteiger partial charge >= 0.3 is 0 Å². The van der Waals surface area contributed by atoms with Gasteiger partial charge in [-0.3, -0.25) is 4.68 Å². The summed E-state index contributed by atoms with van der Waals surface area (Å²) in [5.41, 5.74) is 3.56. The molecule has 102 valence electrons. The first kappa shape index (κ1) is 13.5. The number of nitrogens with one attached hydrogen (secondary N) is 1. The van der Waals surface area contributed by atoms with E-state index in [0.29, 0.717) is 13.2 Å². The Bertz CT molecular complexity index is 416. The van der Waals surface area contributed by atoms with E-state index in [9.17, 15) is 0 Å². The molecular weight excluding hydrogens is 230 g/mol. The summed E-state index contributed by atoms with van der Waals surface area (Å²) in [6.45, 7) is 10.2. The fraction of sp³-hybridized carbons (Fsp3) is 0.769. The van der Waals surface area contributed by atoms with Crippen LogP contribution in [0.1, 0.15) is 30.8 Å². The molecule has 1 aromatic rings. The molecule has 0 amide bonds. The summed E-state index contributed by atoms with van der Waals surface area (Å²) in [5, 5.41) is 7.88. The fourth-order valence-corrected chi connectivity index (χ4v) is 2.13. The van der Waals surface area contributed by atoms with Gasteiger partial charge in [-0.1, -0.05) is 0 Å². The van der Waals surface area contributed by atoms with Crippen molar-refractivity contribution in [1.82, 2.24) is 15.1 Å². The molecule has 5 nitrogen and oxygen atoms in total. The maximum atomic E-state index is 5.63. The predicted molar refractivity (Wildman–Crippen MR) is 69.3 cm³/mol. The lowest BCUT2D eigenvalue weighted by atomic mass is 10.2. The number of hydrogen-bond donors (Lipinski definition) is 1. The summed E-state index contributed by atoms with van der Waals surface area (Å²) in [6, 6.07) is 0.247. The van der Waals surface area contributed by atoms with Gasteiger partial charge in [0.05, 0.1) is 24.9 Å². The monoisotopic (exact) mass is 253 g/mol. The Balaban J connectivity index is 1.89. The summed E-state index contributed by atoms with van der Waals surface area (Å²) in [6.07, 6.45) is 0. The van der Waals surface area contributed by atoms with Crippen molar-refractivity contribution in [3.63, 3.8) is 0 Å². The van der Waals surface area contributed by atoms with E-state index in [1.165, 1.54) is 11.3 Å². The highest BCUT2D eigenvalue weighted by molar-refractivity contribution is 5.24. The number of aryl methyl sites for hydroxylation is 2. The molecule has 0 atom stereocenters. The van der Waals surface area contributed by atoms with Crippen LogP contribution < -0.4 is 5.32 Å². The fourth-order valence-electron chi connectivity index (χ4n) is 2.13. The molecule has 2 heterocycles. The lowest BCUT2D eigenvalue weighted by Crippen LogP contribution is -2.48. The van der Waals surface area contributed by atoms with Crippen LogP contribution in [0.2, 0.25) is 0 Å². The van der Waals surface area contributed by atoms with E-state index >= 15 is 0 Å². The zero-order valence-corrected chi connectivity index (χ0v) is 11.9. The molecule has 5 heteroatoms. The highest BCUT2D eigenvalue weighted by atomic mass is 16.7. The van der Waals surface area contributed by atoms with Crippen LogP contribution in [-0.4, -0.2) is 34.8 Å². The van der Waals surface area contributed by atoms with E-state index in [1.54, 1.807) is 0 Å². The number of hydrogen-bond acceptors (Lipinski definition) is 4. The molecule has 1 aliphatic rings. The number of ether oxygens (including phenoxy) is 2. The molecule has 0 saturated carbocycles. The van der Waals surface area contributed by atoms with E-state index < -0.39 is 5.79 Å². The van der Waals surface area contributed by atoms with Crippen LogP contribution in [0.3, 0.4) is 0 Å². The third-order valence-electron chi connectivity index (χ3n) is 3.49. The van der Waals surface area contributed by atoms with Crippen LogP contribution in [0.5, 0.6) is 0 Å². The zero-order valence-electron chi connectivity index (χ0n) is 11.9. The molecule has 2 rings (SSSR count). The molecule has 0 radical (unpaired) electrons. The molecule has 0 aliphatic carbocycles. The van der Waals surface area contributed by atoms with Crippen LogP contribution in [0.25, 0.3) is 0 Å². The van der Waals surface area contributed by atoms with Gasteiger partial charge in [0.1, 0.15) is 0 Å². The van der Waals surface area contributed by atoms with Gasteiger partial charge in [-0.25, -0.2) is 0 Å². The van der Waals surface area contributed by atoms with Gasteiger partial charge in [-0.2, -0.15) is 5.10 Å². The Morgan fingerprint density at radius 2 is 1.94 bits per heavy atom. The first-order valence-electron chi connectivity index (χ1n) is 6.39. The first-order chi connectivity index (χ1) is 8.39. The normalized spacial score (nSPS) is 20.3. The smallest absolute Gasteiger partial charge is 0.162 e. The minimum Gasteiger partial charge on any atom is -0.349 e. The van der Waals surface area contributed by atoms with Gasteiger partial charge in [0.15, 0.2) is 5.79 Å². The Kier molecular flexibility index (Phi) is 3.75. The van der Waals surface area contributed by atoms with Crippen LogP contribution in [0, 0.1) is 13.8 Å². The molecule has 0 bridgehead atoms. The topological polar surface area (TPSA) is 48.3 Å². The zero-order chi connectivity index (χ0) is 13.3. The second kappa shape index (κ2) is 4.99. The Hall–Kier alpha value is -0.910. The predicted octanol–water partition coefficient (Wildman–Crippen LogP) is 1.28. The Labute approximate surface area is 108 Å². The highest BCUT2D eigenvalue weighted by Crippen LogP contribution is 2.18. The van der Waals surface area contributed by atoms with E-state index in [1.807, 2.05) is 32.5 Å². The maximum absolute atomic E-state index is 5.63. The van der Waals surface area contributed by atoms with Crippen LogP contribution >= 0.6 is 0 Å². The third-order valence-corrected chi connectivity index (χ3v) is 3.49. The molecule has 1 saturated heterocycles. The van der Waals surface area contributed by atoms with Gasteiger partial charge < -0.3 is 14.8 Å². The summed E-state index contributed by atoms with van der Waals surface area (Å²) in [5.74, 6) is -0.446. The summed E-state index contributed by atoms with van der Waals surface area (Å²) in [7, 11) is 1.97. The molecule has 0 spiro atoms. The van der Waals surface area contributed by atoms with Crippen molar-refractivity contribution in [1.29, 1.82) is 0 Å². The number of aromatic nitrogens is 2. The standard InChI is InChI=1S/C13H23N3O2/c1-9-12(10(2)16(5)15-9)6-14-11-7-17-13(3,4)18-8-11/h11,14H,6-8H2,1-5H3. The summed E-state index contributed by atoms with van der Waals surface area (Å²) in [4.78, 5) is 0. The van der Waals surface area contributed by atoms with Gasteiger partial charge in [-0.05, 0) is 27.7 Å². The van der Waals surface area contributed by atoms with Crippen molar-refractivity contribution in [2.75, 3.05) is 13.2 Å². The SMILES string of the molecule is Cc1nn(C)c(C)c1CNC1COC(C)(C)OC1. The molecule has 1 aromatic heterocycles. The van der Waals surface area contributed by atoms with Crippen molar-refractivity contribution in [3.05, 3.63) is 17.0 Å². The Morgan fingerprint density at radius 3 is 2.44 bits per heavy atom. The quantitative estimate of drug-likeness (QED) is 0.881. The van der Waals surface area contributed by atoms with Gasteiger partial charge in [-0.15, -0.1) is 0 Å². The lowest BCUT2D eigenvalue weighted by Gasteiger charge is -2.35. The largest absolute Gasteiger partial charge is 0.349 e. The minimum absolute atomic E-state index is 0.247. The lowest BCUT2D eigenvalue weighted by molar-refractivity contribution is -0.253. The van der Waals surface area contributed by atoms with Crippen LogP contribution in [0.15, 0.2) is 0 Å². The molecule has 1 N–H and O–H groups in total. The van der Waals surface area contributed by atoms with Crippen LogP contribution in [-0.2, 0) is 23.1 Å². The molecule has 1 fully saturated rings. The van der Waals surface area contributed by atoms with E-state index in [4.69, 9.17) is 9.47 Å². The summed E-state index contributed by atoms with van der Waals surface area (Å²) >= 11 is 0. The highest BCUT2D eigenvalue weighted by Gasteiger charge is 2.28. The first-order valence-corrected chi connectivity index (χ1v) is 6.39. The molecule has 0 aromatic carbocycles. The summed E-state index contributed by atoms with van der Waals surface area (Å²) < 4.78 is 13.2. The van der Waals surface area contributed by atoms with Gasteiger partial charge in [0.2, 0.25) is 0 Å². The average Bonchev–Trinajstić information content (AvgIpc) is 2.53. The Morgan fingerprint density at radius 1 is 1.33 bits per heavy atom. The molecule has 18 heavy (non-hydrogen) atoms. The molecular formula is C13H23N3O2. The van der Waals surface area contributed by atoms with Gasteiger partial charge in [0.25, 0.3) is 0 Å². The average molecular weight is 253 g/mol. The van der Waals surface area contributed by atoms with Crippen molar-refractivity contribution >= 4 is 0 Å². The third kappa shape index (κ3) is 2.91. The van der Waals surface area contributed by atoms with Crippen molar-refractivity contribution in [3.8, 4) is 0 Å². The second-order valence-corrected chi connectivity index (χ2v) is 5.37. The van der Waals surface area contributed by atoms with E-state index in [2.05, 4.69) is 17.3 Å². The van der Waals surface area contributed by atoms with Crippen molar-refractivity contribution in [2.24, 2.45) is 7.05 Å². The second-order valence-electron chi connectivity index (χ2n) is 5.37. The minimum atomic E-state index is -0.446. The number of nitrogens with zero attached hydrogens (tertiary/aromatic N) is 2. The molecule has 1 aliphatic heterocycles. The maximum Gasteiger partial charge on any atom is 0.162 e. The van der Waals surface area contributed by atoms with E-state index in [0.717, 1.165) is 12.2 Å². The van der Waals surface area contributed by atoms with Crippen molar-refractivity contribution < 1.29 is 9.47 Å². The van der Waals surface area contributed by atoms with Gasteiger partial charge in [0, 0.05) is 24.8 Å². The number of rotatable bonds is 3. The van der Waals surface area contributed by atoms with E-state index in [-0.39, 0.29) is 6.04 Å². The van der Waals surface area contributed by atoms with Crippen LogP contribution in [0.4, 0.5) is 0 Å².